The van der Waals surface area contributed by atoms with Crippen molar-refractivity contribution in [2.24, 2.45) is 4.99 Å². The van der Waals surface area contributed by atoms with E-state index in [2.05, 4.69) is 37.8 Å². The summed E-state index contributed by atoms with van der Waals surface area (Å²) in [5, 5.41) is 17.6. The Labute approximate surface area is 172 Å². The molecule has 156 valence electrons. The van der Waals surface area contributed by atoms with Crippen molar-refractivity contribution in [3.05, 3.63) is 24.3 Å². The van der Waals surface area contributed by atoms with Crippen LogP contribution in [-0.4, -0.2) is 86.1 Å². The lowest BCUT2D eigenvalue weighted by Gasteiger charge is -2.31. The van der Waals surface area contributed by atoms with Crippen LogP contribution in [0.2, 0.25) is 0 Å². The van der Waals surface area contributed by atoms with E-state index in [4.69, 9.17) is 5.26 Å². The molecule has 9 nitrogen and oxygen atoms in total. The van der Waals surface area contributed by atoms with Crippen LogP contribution in [0, 0.1) is 11.5 Å². The number of guanidine groups is 1. The van der Waals surface area contributed by atoms with E-state index >= 15 is 0 Å². The molecule has 0 aliphatic carbocycles. The van der Waals surface area contributed by atoms with Gasteiger partial charge in [0.25, 0.3) is 0 Å². The van der Waals surface area contributed by atoms with Gasteiger partial charge in [-0.3, -0.25) is 15.2 Å². The maximum atomic E-state index is 12.2. The van der Waals surface area contributed by atoms with Gasteiger partial charge in [0.2, 0.25) is 5.96 Å². The molecular formula is C20H30N8O. The Balaban J connectivity index is 1.49. The molecule has 2 fully saturated rings. The van der Waals surface area contributed by atoms with Crippen LogP contribution in [0.4, 0.5) is 16.2 Å². The third-order valence-corrected chi connectivity index (χ3v) is 5.25. The summed E-state index contributed by atoms with van der Waals surface area (Å²) < 4.78 is 0. The van der Waals surface area contributed by atoms with Gasteiger partial charge in [0.15, 0.2) is 6.19 Å². The number of urea groups is 1. The molecule has 2 heterocycles. The minimum Gasteiger partial charge on any atom is -0.326 e. The smallest absolute Gasteiger partial charge is 0.321 e. The summed E-state index contributed by atoms with van der Waals surface area (Å²) in [6.07, 6.45) is 4.06. The van der Waals surface area contributed by atoms with Crippen LogP contribution in [-0.2, 0) is 0 Å². The van der Waals surface area contributed by atoms with Crippen LogP contribution in [0.1, 0.15) is 12.8 Å². The number of nitriles is 1. The number of likely N-dealkylation sites (N-methyl/N-ethyl adjacent to an activating group) is 1. The molecule has 1 aromatic carbocycles. The summed E-state index contributed by atoms with van der Waals surface area (Å²) in [6, 6.07) is 7.33. The molecule has 0 atom stereocenters. The van der Waals surface area contributed by atoms with Crippen molar-refractivity contribution >= 4 is 23.4 Å². The summed E-state index contributed by atoms with van der Waals surface area (Å²) >= 11 is 0. The fourth-order valence-electron chi connectivity index (χ4n) is 3.43. The van der Waals surface area contributed by atoms with Gasteiger partial charge in [0.05, 0.1) is 6.54 Å². The summed E-state index contributed by atoms with van der Waals surface area (Å²) in [5.41, 5.74) is 1.54. The van der Waals surface area contributed by atoms with E-state index in [1.165, 1.54) is 0 Å². The number of aliphatic imine (C=N–C) groups is 1. The van der Waals surface area contributed by atoms with E-state index < -0.39 is 0 Å². The highest BCUT2D eigenvalue weighted by Crippen LogP contribution is 2.15. The van der Waals surface area contributed by atoms with E-state index in [0.29, 0.717) is 12.5 Å². The Morgan fingerprint density at radius 1 is 1.03 bits per heavy atom. The first-order valence-corrected chi connectivity index (χ1v) is 10.2. The van der Waals surface area contributed by atoms with Gasteiger partial charge < -0.3 is 20.4 Å². The van der Waals surface area contributed by atoms with Crippen LogP contribution < -0.4 is 16.0 Å². The number of benzene rings is 1. The number of anilines is 2. The Kier molecular flexibility index (Phi) is 7.67. The molecule has 2 saturated heterocycles. The van der Waals surface area contributed by atoms with Crippen LogP contribution in [0.15, 0.2) is 29.3 Å². The number of hydrogen-bond acceptors (Lipinski definition) is 5. The normalized spacial score (nSPS) is 18.3. The Morgan fingerprint density at radius 2 is 1.66 bits per heavy atom. The van der Waals surface area contributed by atoms with Crippen LogP contribution in [0.3, 0.4) is 0 Å². The zero-order chi connectivity index (χ0) is 20.5. The number of piperazine rings is 1. The standard InChI is InChI=1S/C20H30N8O/c1-26-12-14-27(15-13-26)11-8-22-19(23-16-21)24-17-4-6-18(7-5-17)25-20(29)28-9-2-3-10-28/h4-7H,2-3,8-15H2,1H3,(H,25,29)(H2,22,23,24). The predicted molar refractivity (Wildman–Crippen MR) is 115 cm³/mol. The first kappa shape index (κ1) is 20.9. The highest BCUT2D eigenvalue weighted by atomic mass is 16.2. The zero-order valence-corrected chi connectivity index (χ0v) is 17.0. The largest absolute Gasteiger partial charge is 0.326 e. The number of carbonyl (C=O) groups is 1. The molecular weight excluding hydrogens is 368 g/mol. The van der Waals surface area contributed by atoms with E-state index in [1.807, 2.05) is 35.4 Å². The number of nitrogens with one attached hydrogen (secondary N) is 3. The van der Waals surface area contributed by atoms with Gasteiger partial charge >= 0.3 is 6.03 Å². The maximum absolute atomic E-state index is 12.2. The van der Waals surface area contributed by atoms with Crippen molar-refractivity contribution in [3.8, 4) is 6.19 Å². The second-order valence-corrected chi connectivity index (χ2v) is 7.44. The van der Waals surface area contributed by atoms with Crippen molar-refractivity contribution in [3.63, 3.8) is 0 Å². The fourth-order valence-corrected chi connectivity index (χ4v) is 3.43. The molecule has 3 N–H and O–H groups in total. The SMILES string of the molecule is CN1CCN(CCN=C(NC#N)Nc2ccc(NC(=O)N3CCCC3)cc2)CC1. The molecule has 9 heteroatoms. The number of nitrogens with zero attached hydrogens (tertiary/aromatic N) is 5. The second kappa shape index (κ2) is 10.6. The molecule has 2 aliphatic heterocycles. The predicted octanol–water partition coefficient (Wildman–Crippen LogP) is 1.40. The van der Waals surface area contributed by atoms with Gasteiger partial charge in [-0.25, -0.2) is 4.79 Å². The van der Waals surface area contributed by atoms with Gasteiger partial charge in [-0.1, -0.05) is 0 Å². The van der Waals surface area contributed by atoms with Gasteiger partial charge in [-0.2, -0.15) is 5.26 Å². The summed E-state index contributed by atoms with van der Waals surface area (Å²) in [4.78, 5) is 23.2. The van der Waals surface area contributed by atoms with Gasteiger partial charge in [0, 0.05) is 57.2 Å². The van der Waals surface area contributed by atoms with Gasteiger partial charge in [0.1, 0.15) is 0 Å². The molecule has 1 aromatic rings. The molecule has 0 spiro atoms. The van der Waals surface area contributed by atoms with Crippen molar-refractivity contribution in [2.45, 2.75) is 12.8 Å². The van der Waals surface area contributed by atoms with Crippen LogP contribution >= 0.6 is 0 Å². The molecule has 0 unspecified atom stereocenters. The summed E-state index contributed by atoms with van der Waals surface area (Å²) in [6.45, 7) is 7.37. The van der Waals surface area contributed by atoms with E-state index in [1.54, 1.807) is 0 Å². The summed E-state index contributed by atoms with van der Waals surface area (Å²) in [5.74, 6) is 0.426. The van der Waals surface area contributed by atoms with E-state index in [0.717, 1.165) is 70.0 Å². The number of amides is 2. The number of hydrogen-bond donors (Lipinski definition) is 3. The maximum Gasteiger partial charge on any atom is 0.321 e. The Bertz CT molecular complexity index is 728. The average Bonchev–Trinajstić information content (AvgIpc) is 3.26. The fraction of sp³-hybridized carbons (Fsp3) is 0.550. The minimum absolute atomic E-state index is 0.0551. The molecule has 0 aromatic heterocycles. The Morgan fingerprint density at radius 3 is 2.28 bits per heavy atom. The lowest BCUT2D eigenvalue weighted by Crippen LogP contribution is -2.45. The zero-order valence-electron chi connectivity index (χ0n) is 17.0. The molecule has 0 radical (unpaired) electrons. The van der Waals surface area contributed by atoms with Crippen LogP contribution in [0.5, 0.6) is 0 Å². The highest BCUT2D eigenvalue weighted by Gasteiger charge is 2.17. The van der Waals surface area contributed by atoms with E-state index in [9.17, 15) is 4.79 Å². The lowest BCUT2D eigenvalue weighted by atomic mass is 10.3. The van der Waals surface area contributed by atoms with E-state index in [-0.39, 0.29) is 6.03 Å². The van der Waals surface area contributed by atoms with Crippen molar-refractivity contribution in [1.29, 1.82) is 5.26 Å². The highest BCUT2D eigenvalue weighted by molar-refractivity contribution is 5.95. The average molecular weight is 399 g/mol. The molecule has 29 heavy (non-hydrogen) atoms. The first-order valence-electron chi connectivity index (χ1n) is 10.2. The van der Waals surface area contributed by atoms with Crippen LogP contribution in [0.25, 0.3) is 0 Å². The number of rotatable bonds is 5. The van der Waals surface area contributed by atoms with Crippen molar-refractivity contribution in [2.75, 3.05) is 70.0 Å². The quantitative estimate of drug-likeness (QED) is 0.300. The molecule has 0 saturated carbocycles. The first-order chi connectivity index (χ1) is 14.1. The molecule has 3 rings (SSSR count). The topological polar surface area (TPSA) is 99.0 Å². The molecule has 2 amide bonds. The van der Waals surface area contributed by atoms with Crippen molar-refractivity contribution < 1.29 is 4.79 Å². The summed E-state index contributed by atoms with van der Waals surface area (Å²) in [7, 11) is 2.14. The third kappa shape index (κ3) is 6.62. The number of carbonyl (C=O) groups excluding carboxylic acids is 1. The Hall–Kier alpha value is -2.83. The second-order valence-electron chi connectivity index (χ2n) is 7.44. The molecule has 2 aliphatic rings. The number of likely N-dealkylation sites (tertiary alicyclic amines) is 1. The van der Waals surface area contributed by atoms with Gasteiger partial charge in [-0.15, -0.1) is 0 Å². The lowest BCUT2D eigenvalue weighted by molar-refractivity contribution is 0.157. The molecule has 0 bridgehead atoms. The van der Waals surface area contributed by atoms with Crippen molar-refractivity contribution in [1.82, 2.24) is 20.0 Å². The monoisotopic (exact) mass is 398 g/mol. The minimum atomic E-state index is -0.0551. The third-order valence-electron chi connectivity index (χ3n) is 5.25. The van der Waals surface area contributed by atoms with Gasteiger partial charge in [-0.05, 0) is 44.2 Å².